The van der Waals surface area contributed by atoms with Crippen LogP contribution in [0.1, 0.15) is 63.3 Å². The van der Waals surface area contributed by atoms with Crippen molar-refractivity contribution in [1.29, 1.82) is 0 Å². The fourth-order valence-electron chi connectivity index (χ4n) is 8.05. The van der Waals surface area contributed by atoms with Gasteiger partial charge >= 0.3 is 6.03 Å². The first kappa shape index (κ1) is 22.2. The summed E-state index contributed by atoms with van der Waals surface area (Å²) in [5.74, 6) is 3.12. The quantitative estimate of drug-likeness (QED) is 0.467. The molecule has 0 unspecified atom stereocenters. The van der Waals surface area contributed by atoms with Crippen LogP contribution in [-0.4, -0.2) is 42.1 Å². The minimum absolute atomic E-state index is 0.0251. The normalized spacial score (nSPS) is 30.8. The molecule has 3 aromatic rings. The third-order valence-corrected chi connectivity index (χ3v) is 9.33. The highest BCUT2D eigenvalue weighted by Gasteiger charge is 2.52. The molecule has 6 heteroatoms. The van der Waals surface area contributed by atoms with Crippen LogP contribution in [0.4, 0.5) is 10.5 Å². The van der Waals surface area contributed by atoms with Gasteiger partial charge < -0.3 is 19.5 Å². The van der Waals surface area contributed by atoms with Gasteiger partial charge in [-0.1, -0.05) is 18.2 Å². The van der Waals surface area contributed by atoms with Crippen molar-refractivity contribution in [2.75, 3.05) is 25.5 Å². The van der Waals surface area contributed by atoms with Gasteiger partial charge in [0.05, 0.1) is 0 Å². The standard InChI is InChI=1S/C30H36N4O2/c1-33(2)24-8-5-22(6-9-24)23-7-10-27-25(15-23)31-28(36-27)26-4-3-11-34(26)29(35)32-30-16-19-12-20(17-30)14-21(13-19)18-30/h5-10,15,19-21,26H,3-4,11-14,16-18H2,1-2H3,(H,32,35)/t19?,20?,21?,26-,30?/m1/s1. The Balaban J connectivity index is 1.11. The second-order valence-electron chi connectivity index (χ2n) is 12.2. The molecule has 1 aromatic heterocycles. The van der Waals surface area contributed by atoms with E-state index in [0.29, 0.717) is 5.89 Å². The lowest BCUT2D eigenvalue weighted by molar-refractivity contribution is -0.0160. The van der Waals surface area contributed by atoms with Gasteiger partial charge in [-0.2, -0.15) is 0 Å². The third-order valence-electron chi connectivity index (χ3n) is 9.33. The number of carbonyl (C=O) groups excluding carboxylic acids is 1. The van der Waals surface area contributed by atoms with Crippen LogP contribution in [-0.2, 0) is 0 Å². The molecule has 4 saturated carbocycles. The van der Waals surface area contributed by atoms with Gasteiger partial charge in [0.1, 0.15) is 11.6 Å². The summed E-state index contributed by atoms with van der Waals surface area (Å²) in [6.07, 6.45) is 9.55. The lowest BCUT2D eigenvalue weighted by atomic mass is 9.53. The Kier molecular flexibility index (Phi) is 5.09. The van der Waals surface area contributed by atoms with E-state index in [-0.39, 0.29) is 17.6 Å². The number of benzene rings is 2. The molecule has 0 radical (unpaired) electrons. The van der Waals surface area contributed by atoms with E-state index in [0.717, 1.165) is 59.4 Å². The van der Waals surface area contributed by atoms with Crippen LogP contribution in [0.15, 0.2) is 46.9 Å². The molecule has 4 aliphatic carbocycles. The molecule has 4 bridgehead atoms. The molecule has 0 spiro atoms. The Bertz CT molecular complexity index is 1260. The van der Waals surface area contributed by atoms with E-state index in [4.69, 9.17) is 9.40 Å². The molecular formula is C30H36N4O2. The molecule has 8 rings (SSSR count). The van der Waals surface area contributed by atoms with Crippen molar-refractivity contribution in [2.24, 2.45) is 17.8 Å². The zero-order chi connectivity index (χ0) is 24.4. The number of carbonyl (C=O) groups is 1. The highest BCUT2D eigenvalue weighted by atomic mass is 16.4. The summed E-state index contributed by atoms with van der Waals surface area (Å²) in [5, 5.41) is 3.56. The van der Waals surface area contributed by atoms with Crippen molar-refractivity contribution in [3.05, 3.63) is 48.4 Å². The Morgan fingerprint density at radius 1 is 1.00 bits per heavy atom. The molecular weight excluding hydrogens is 448 g/mol. The zero-order valence-electron chi connectivity index (χ0n) is 21.4. The number of rotatable bonds is 4. The topological polar surface area (TPSA) is 61.6 Å². The zero-order valence-corrected chi connectivity index (χ0v) is 21.4. The van der Waals surface area contributed by atoms with E-state index >= 15 is 0 Å². The molecule has 188 valence electrons. The molecule has 2 aromatic carbocycles. The highest BCUT2D eigenvalue weighted by molar-refractivity contribution is 5.81. The molecule has 1 saturated heterocycles. The number of aromatic nitrogens is 1. The van der Waals surface area contributed by atoms with Crippen LogP contribution in [0, 0.1) is 17.8 Å². The monoisotopic (exact) mass is 484 g/mol. The van der Waals surface area contributed by atoms with Gasteiger partial charge in [0.25, 0.3) is 0 Å². The SMILES string of the molecule is CN(C)c1ccc(-c2ccc3oc([C@H]4CCCN4C(=O)NC45CC6CC(CC(C6)C4)C5)nc3c2)cc1. The van der Waals surface area contributed by atoms with Gasteiger partial charge in [-0.3, -0.25) is 0 Å². The maximum absolute atomic E-state index is 13.6. The highest BCUT2D eigenvalue weighted by Crippen LogP contribution is 2.55. The number of likely N-dealkylation sites (tertiary alicyclic amines) is 1. The van der Waals surface area contributed by atoms with Crippen LogP contribution in [0.3, 0.4) is 0 Å². The first-order valence-electron chi connectivity index (χ1n) is 13.7. The van der Waals surface area contributed by atoms with Crippen LogP contribution in [0.2, 0.25) is 0 Å². The molecule has 36 heavy (non-hydrogen) atoms. The number of urea groups is 1. The third kappa shape index (κ3) is 3.77. The molecule has 2 heterocycles. The molecule has 1 N–H and O–H groups in total. The number of oxazole rings is 1. The van der Waals surface area contributed by atoms with E-state index in [9.17, 15) is 4.79 Å². The van der Waals surface area contributed by atoms with Crippen LogP contribution in [0.25, 0.3) is 22.2 Å². The van der Waals surface area contributed by atoms with Crippen LogP contribution >= 0.6 is 0 Å². The Morgan fingerprint density at radius 2 is 1.67 bits per heavy atom. The maximum atomic E-state index is 13.6. The predicted molar refractivity (Wildman–Crippen MR) is 142 cm³/mol. The van der Waals surface area contributed by atoms with Gasteiger partial charge in [0.2, 0.25) is 5.89 Å². The number of hydrogen-bond acceptors (Lipinski definition) is 4. The van der Waals surface area contributed by atoms with Crippen molar-refractivity contribution >= 4 is 22.8 Å². The summed E-state index contributed by atoms with van der Waals surface area (Å²) in [6.45, 7) is 0.769. The minimum Gasteiger partial charge on any atom is -0.438 e. The summed E-state index contributed by atoms with van der Waals surface area (Å²) in [4.78, 5) is 22.6. The molecule has 5 fully saturated rings. The summed E-state index contributed by atoms with van der Waals surface area (Å²) < 4.78 is 6.23. The van der Waals surface area contributed by atoms with E-state index in [1.807, 2.05) is 25.1 Å². The average molecular weight is 485 g/mol. The van der Waals surface area contributed by atoms with Crippen LogP contribution < -0.4 is 10.2 Å². The largest absolute Gasteiger partial charge is 0.438 e. The second kappa shape index (κ2) is 8.25. The number of nitrogens with one attached hydrogen (secondary N) is 1. The van der Waals surface area contributed by atoms with Crippen molar-refractivity contribution in [3.63, 3.8) is 0 Å². The summed E-state index contributed by atoms with van der Waals surface area (Å²) in [7, 11) is 4.10. The molecule has 1 aliphatic heterocycles. The Hall–Kier alpha value is -3.02. The van der Waals surface area contributed by atoms with Gasteiger partial charge in [0.15, 0.2) is 5.58 Å². The molecule has 1 atom stereocenters. The Morgan fingerprint density at radius 3 is 2.33 bits per heavy atom. The maximum Gasteiger partial charge on any atom is 0.318 e. The first-order chi connectivity index (χ1) is 17.4. The average Bonchev–Trinajstić information content (AvgIpc) is 3.49. The van der Waals surface area contributed by atoms with Gasteiger partial charge in [-0.05, 0) is 105 Å². The number of nitrogens with zero attached hydrogens (tertiary/aromatic N) is 3. The minimum atomic E-state index is -0.0888. The predicted octanol–water partition coefficient (Wildman–Crippen LogP) is 6.38. The van der Waals surface area contributed by atoms with Crippen molar-refractivity contribution in [2.45, 2.75) is 62.9 Å². The first-order valence-corrected chi connectivity index (χ1v) is 13.7. The summed E-state index contributed by atoms with van der Waals surface area (Å²) >= 11 is 0. The van der Waals surface area contributed by atoms with Crippen molar-refractivity contribution in [3.8, 4) is 11.1 Å². The van der Waals surface area contributed by atoms with E-state index in [1.54, 1.807) is 0 Å². The number of anilines is 1. The fraction of sp³-hybridized carbons (Fsp3) is 0.533. The van der Waals surface area contributed by atoms with Gasteiger partial charge in [-0.25, -0.2) is 9.78 Å². The van der Waals surface area contributed by atoms with Crippen molar-refractivity contribution in [1.82, 2.24) is 15.2 Å². The fourth-order valence-corrected chi connectivity index (χ4v) is 8.05. The van der Waals surface area contributed by atoms with E-state index in [1.165, 1.54) is 44.2 Å². The lowest BCUT2D eigenvalue weighted by Crippen LogP contribution is -2.61. The molecule has 2 amide bonds. The van der Waals surface area contributed by atoms with Crippen LogP contribution in [0.5, 0.6) is 0 Å². The van der Waals surface area contributed by atoms with E-state index in [2.05, 4.69) is 46.6 Å². The number of hydrogen-bond donors (Lipinski definition) is 1. The number of amides is 2. The smallest absolute Gasteiger partial charge is 0.318 e. The molecule has 5 aliphatic rings. The van der Waals surface area contributed by atoms with Gasteiger partial charge in [0, 0.05) is 31.9 Å². The number of fused-ring (bicyclic) bond motifs is 1. The second-order valence-corrected chi connectivity index (χ2v) is 12.2. The molecule has 6 nitrogen and oxygen atoms in total. The lowest BCUT2D eigenvalue weighted by Gasteiger charge is -2.57. The Labute approximate surface area is 213 Å². The summed E-state index contributed by atoms with van der Waals surface area (Å²) in [5.41, 5.74) is 5.12. The van der Waals surface area contributed by atoms with Crippen molar-refractivity contribution < 1.29 is 9.21 Å². The summed E-state index contributed by atoms with van der Waals surface area (Å²) in [6, 6.07) is 14.7. The van der Waals surface area contributed by atoms with Gasteiger partial charge in [-0.15, -0.1) is 0 Å². The van der Waals surface area contributed by atoms with E-state index < -0.39 is 0 Å².